The van der Waals surface area contributed by atoms with Gasteiger partial charge in [-0.05, 0) is 30.9 Å². The molecular formula is C22H30N6O2S2. The third-order valence-corrected chi connectivity index (χ3v) is 7.86. The van der Waals surface area contributed by atoms with Crippen LogP contribution in [0.2, 0.25) is 0 Å². The minimum atomic E-state index is 0.113. The van der Waals surface area contributed by atoms with E-state index < -0.39 is 0 Å². The zero-order chi connectivity index (χ0) is 22.3. The van der Waals surface area contributed by atoms with Crippen molar-refractivity contribution >= 4 is 45.7 Å². The summed E-state index contributed by atoms with van der Waals surface area (Å²) in [6.07, 6.45) is 3.17. The fourth-order valence-electron chi connectivity index (χ4n) is 4.01. The molecule has 0 bridgehead atoms. The Labute approximate surface area is 197 Å². The second-order valence-electron chi connectivity index (χ2n) is 8.04. The number of carbonyl (C=O) groups excluding carboxylic acids is 2. The fraction of sp³-hybridized carbons (Fsp3) is 0.545. The van der Waals surface area contributed by atoms with E-state index in [1.54, 1.807) is 0 Å². The summed E-state index contributed by atoms with van der Waals surface area (Å²) >= 11 is 2.89. The summed E-state index contributed by atoms with van der Waals surface area (Å²) in [5, 5.41) is 12.5. The van der Waals surface area contributed by atoms with Crippen LogP contribution in [0.4, 0.5) is 10.8 Å². The minimum absolute atomic E-state index is 0.113. The van der Waals surface area contributed by atoms with Crippen molar-refractivity contribution < 1.29 is 9.59 Å². The second-order valence-corrected chi connectivity index (χ2v) is 10.2. The van der Waals surface area contributed by atoms with Crippen molar-refractivity contribution in [3.05, 3.63) is 29.8 Å². The highest BCUT2D eigenvalue weighted by Gasteiger charge is 2.25. The van der Waals surface area contributed by atoms with Crippen LogP contribution in [0.5, 0.6) is 0 Å². The highest BCUT2D eigenvalue weighted by Crippen LogP contribution is 2.29. The number of para-hydroxylation sites is 1. The smallest absolute Gasteiger partial charge is 0.236 e. The average Bonchev–Trinajstić information content (AvgIpc) is 3.51. The van der Waals surface area contributed by atoms with Crippen LogP contribution >= 0.6 is 23.1 Å². The number of likely N-dealkylation sites (tertiary alicyclic amines) is 1. The number of anilines is 2. The number of carbonyl (C=O) groups is 2. The summed E-state index contributed by atoms with van der Waals surface area (Å²) < 4.78 is 0.782. The highest BCUT2D eigenvalue weighted by molar-refractivity contribution is 8.01. The molecule has 2 saturated heterocycles. The van der Waals surface area contributed by atoms with E-state index in [2.05, 4.69) is 33.4 Å². The highest BCUT2D eigenvalue weighted by atomic mass is 32.2. The van der Waals surface area contributed by atoms with Crippen LogP contribution in [0.25, 0.3) is 0 Å². The maximum absolute atomic E-state index is 12.6. The number of amides is 2. The molecule has 32 heavy (non-hydrogen) atoms. The molecule has 1 N–H and O–H groups in total. The number of nitrogens with one attached hydrogen (secondary N) is 1. The molecule has 3 heterocycles. The molecule has 0 aliphatic carbocycles. The number of hydrogen-bond acceptors (Lipinski definition) is 8. The predicted octanol–water partition coefficient (Wildman–Crippen LogP) is 2.70. The standard InChI is InChI=1S/C22H30N6O2S2/c1-2-17-7-3-4-8-18(17)23-21-24-25-22(32-21)31-16-20(30)28-13-11-26(12-14-28)15-19(29)27-9-5-6-10-27/h3-4,7-8H,2,5-6,9-16H2,1H3,(H,23,24). The van der Waals surface area contributed by atoms with Gasteiger partial charge in [0.05, 0.1) is 12.3 Å². The Bertz CT molecular complexity index is 923. The molecule has 172 valence electrons. The quantitative estimate of drug-likeness (QED) is 0.589. The Hall–Kier alpha value is -2.17. The number of aryl methyl sites for hydroxylation is 1. The molecule has 2 aliphatic rings. The lowest BCUT2D eigenvalue weighted by Gasteiger charge is -2.35. The predicted molar refractivity (Wildman–Crippen MR) is 129 cm³/mol. The van der Waals surface area contributed by atoms with Crippen molar-refractivity contribution in [1.29, 1.82) is 0 Å². The molecule has 1 aromatic carbocycles. The molecule has 2 amide bonds. The molecule has 2 fully saturated rings. The van der Waals surface area contributed by atoms with Gasteiger partial charge in [0.2, 0.25) is 16.9 Å². The number of piperazine rings is 1. The monoisotopic (exact) mass is 474 g/mol. The molecule has 0 radical (unpaired) electrons. The SMILES string of the molecule is CCc1ccccc1Nc1nnc(SCC(=O)N2CCN(CC(=O)N3CCCC3)CC2)s1. The molecule has 0 unspecified atom stereocenters. The van der Waals surface area contributed by atoms with Crippen molar-refractivity contribution in [2.45, 2.75) is 30.5 Å². The molecule has 2 aliphatic heterocycles. The van der Waals surface area contributed by atoms with Gasteiger partial charge in [-0.15, -0.1) is 10.2 Å². The number of benzene rings is 1. The number of hydrogen-bond donors (Lipinski definition) is 1. The van der Waals surface area contributed by atoms with E-state index in [1.807, 2.05) is 28.0 Å². The van der Waals surface area contributed by atoms with Crippen molar-refractivity contribution in [3.63, 3.8) is 0 Å². The van der Waals surface area contributed by atoms with Gasteiger partial charge >= 0.3 is 0 Å². The van der Waals surface area contributed by atoms with Crippen LogP contribution in [0.15, 0.2) is 28.6 Å². The van der Waals surface area contributed by atoms with E-state index in [0.29, 0.717) is 25.4 Å². The molecule has 8 nitrogen and oxygen atoms in total. The van der Waals surface area contributed by atoms with Gasteiger partial charge in [-0.1, -0.05) is 48.2 Å². The van der Waals surface area contributed by atoms with Gasteiger partial charge < -0.3 is 15.1 Å². The second kappa shape index (κ2) is 11.1. The van der Waals surface area contributed by atoms with Crippen molar-refractivity contribution in [2.75, 3.05) is 56.9 Å². The van der Waals surface area contributed by atoms with Gasteiger partial charge in [-0.25, -0.2) is 0 Å². The van der Waals surface area contributed by atoms with Crippen molar-refractivity contribution in [3.8, 4) is 0 Å². The summed E-state index contributed by atoms with van der Waals surface area (Å²) in [5.41, 5.74) is 2.27. The van der Waals surface area contributed by atoms with E-state index in [4.69, 9.17) is 0 Å². The van der Waals surface area contributed by atoms with E-state index in [9.17, 15) is 9.59 Å². The minimum Gasteiger partial charge on any atom is -0.342 e. The zero-order valence-electron chi connectivity index (χ0n) is 18.5. The van der Waals surface area contributed by atoms with Crippen molar-refractivity contribution in [1.82, 2.24) is 24.9 Å². The molecular weight excluding hydrogens is 444 g/mol. The summed E-state index contributed by atoms with van der Waals surface area (Å²) in [6.45, 7) is 7.22. The Morgan fingerprint density at radius 2 is 1.72 bits per heavy atom. The van der Waals surface area contributed by atoms with E-state index in [0.717, 1.165) is 60.6 Å². The first-order chi connectivity index (χ1) is 15.6. The van der Waals surface area contributed by atoms with Crippen molar-refractivity contribution in [2.24, 2.45) is 0 Å². The molecule has 4 rings (SSSR count). The molecule has 1 aromatic heterocycles. The normalized spacial score (nSPS) is 17.0. The van der Waals surface area contributed by atoms with Gasteiger partial charge in [-0.3, -0.25) is 14.5 Å². The number of rotatable bonds is 8. The van der Waals surface area contributed by atoms with Crippen LogP contribution < -0.4 is 5.32 Å². The number of aromatic nitrogens is 2. The fourth-order valence-corrected chi connectivity index (χ4v) is 5.68. The Balaban J connectivity index is 1.20. The van der Waals surface area contributed by atoms with Gasteiger partial charge in [-0.2, -0.15) is 0 Å². The maximum atomic E-state index is 12.6. The van der Waals surface area contributed by atoms with Crippen LogP contribution in [0.1, 0.15) is 25.3 Å². The van der Waals surface area contributed by atoms with Crippen LogP contribution in [-0.4, -0.2) is 88.3 Å². The van der Waals surface area contributed by atoms with Gasteiger partial charge in [0.15, 0.2) is 4.34 Å². The molecule has 0 spiro atoms. The van der Waals surface area contributed by atoms with E-state index in [1.165, 1.54) is 28.7 Å². The van der Waals surface area contributed by atoms with E-state index >= 15 is 0 Å². The summed E-state index contributed by atoms with van der Waals surface area (Å²) in [5.74, 6) is 0.689. The Morgan fingerprint density at radius 3 is 2.47 bits per heavy atom. The third-order valence-electron chi connectivity index (χ3n) is 5.91. The van der Waals surface area contributed by atoms with Crippen LogP contribution in [0.3, 0.4) is 0 Å². The lowest BCUT2D eigenvalue weighted by Crippen LogP contribution is -2.51. The lowest BCUT2D eigenvalue weighted by atomic mass is 10.1. The van der Waals surface area contributed by atoms with Gasteiger partial charge in [0.1, 0.15) is 0 Å². The number of thioether (sulfide) groups is 1. The Morgan fingerprint density at radius 1 is 1.00 bits per heavy atom. The maximum Gasteiger partial charge on any atom is 0.236 e. The van der Waals surface area contributed by atoms with Crippen LogP contribution in [-0.2, 0) is 16.0 Å². The Kier molecular flexibility index (Phi) is 7.99. The van der Waals surface area contributed by atoms with Gasteiger partial charge in [0.25, 0.3) is 0 Å². The van der Waals surface area contributed by atoms with Crippen LogP contribution in [0, 0.1) is 0 Å². The molecule has 2 aromatic rings. The third kappa shape index (κ3) is 5.99. The molecule has 10 heteroatoms. The zero-order valence-corrected chi connectivity index (χ0v) is 20.1. The van der Waals surface area contributed by atoms with Gasteiger partial charge in [0, 0.05) is 45.0 Å². The first-order valence-corrected chi connectivity index (χ1v) is 13.0. The average molecular weight is 475 g/mol. The largest absolute Gasteiger partial charge is 0.342 e. The van der Waals surface area contributed by atoms with E-state index in [-0.39, 0.29) is 11.8 Å². The summed E-state index contributed by atoms with van der Waals surface area (Å²) in [7, 11) is 0. The summed E-state index contributed by atoms with van der Waals surface area (Å²) in [4.78, 5) is 31.0. The summed E-state index contributed by atoms with van der Waals surface area (Å²) in [6, 6.07) is 8.16. The molecule has 0 saturated carbocycles. The first kappa shape index (κ1) is 23.0. The lowest BCUT2D eigenvalue weighted by molar-refractivity contribution is -0.133. The first-order valence-electron chi connectivity index (χ1n) is 11.2. The molecule has 0 atom stereocenters. The topological polar surface area (TPSA) is 81.7 Å². The number of nitrogens with zero attached hydrogens (tertiary/aromatic N) is 5.